The molecule has 2 unspecified atom stereocenters. The topological polar surface area (TPSA) is 86.6 Å². The first-order chi connectivity index (χ1) is 8.99. The molecule has 0 fully saturated rings. The summed E-state index contributed by atoms with van der Waals surface area (Å²) in [7, 11) is 0. The smallest absolute Gasteiger partial charge is 0.328 e. The average Bonchev–Trinajstić information content (AvgIpc) is 2.81. The maximum atomic E-state index is 12.0. The molecule has 1 aromatic rings. The lowest BCUT2D eigenvalue weighted by atomic mass is 10.1. The number of benzene rings is 1. The zero-order valence-corrected chi connectivity index (χ0v) is 10.7. The third-order valence-electron chi connectivity index (χ3n) is 3.40. The van der Waals surface area contributed by atoms with Crippen LogP contribution in [0.25, 0.3) is 0 Å². The summed E-state index contributed by atoms with van der Waals surface area (Å²) in [5.41, 5.74) is 2.84. The van der Waals surface area contributed by atoms with Gasteiger partial charge in [0.1, 0.15) is 0 Å². The molecule has 1 aliphatic carbocycles. The van der Waals surface area contributed by atoms with Gasteiger partial charge < -0.3 is 15.5 Å². The third-order valence-corrected chi connectivity index (χ3v) is 3.40. The Bertz CT molecular complexity index is 510. The monoisotopic (exact) mass is 263 g/mol. The average molecular weight is 263 g/mol. The van der Waals surface area contributed by atoms with Crippen LogP contribution in [-0.4, -0.2) is 34.2 Å². The highest BCUT2D eigenvalue weighted by Crippen LogP contribution is 2.22. The molecule has 1 aliphatic rings. The summed E-state index contributed by atoms with van der Waals surface area (Å²) in [6.45, 7) is 1.34. The van der Waals surface area contributed by atoms with E-state index in [9.17, 15) is 14.7 Å². The minimum Gasteiger partial charge on any atom is -0.480 e. The fraction of sp³-hybridized carbons (Fsp3) is 0.429. The summed E-state index contributed by atoms with van der Waals surface area (Å²) in [5, 5.41) is 20.6. The molecule has 2 rings (SSSR count). The fourth-order valence-corrected chi connectivity index (χ4v) is 2.33. The van der Waals surface area contributed by atoms with Crippen molar-refractivity contribution in [2.45, 2.75) is 38.3 Å². The zero-order chi connectivity index (χ0) is 14.0. The van der Waals surface area contributed by atoms with Crippen molar-refractivity contribution < 1.29 is 19.8 Å². The maximum Gasteiger partial charge on any atom is 0.328 e. The molecule has 0 bridgehead atoms. The summed E-state index contributed by atoms with van der Waals surface area (Å²) in [6.07, 6.45) is 1.93. The molecule has 0 radical (unpaired) electrons. The number of fused-ring (bicyclic) bond motifs is 1. The van der Waals surface area contributed by atoms with E-state index in [1.165, 1.54) is 12.5 Å². The van der Waals surface area contributed by atoms with Crippen molar-refractivity contribution in [1.29, 1.82) is 0 Å². The fourth-order valence-electron chi connectivity index (χ4n) is 2.33. The van der Waals surface area contributed by atoms with Crippen LogP contribution in [0.1, 0.15) is 34.8 Å². The number of aliphatic hydroxyl groups excluding tert-OH is 1. The third kappa shape index (κ3) is 2.93. The van der Waals surface area contributed by atoms with Crippen molar-refractivity contribution in [2.75, 3.05) is 0 Å². The molecule has 2 atom stereocenters. The number of hydrogen-bond acceptors (Lipinski definition) is 3. The van der Waals surface area contributed by atoms with Crippen molar-refractivity contribution in [3.05, 3.63) is 34.9 Å². The van der Waals surface area contributed by atoms with Crippen LogP contribution in [0.3, 0.4) is 0 Å². The van der Waals surface area contributed by atoms with Crippen LogP contribution < -0.4 is 5.32 Å². The number of nitrogens with one attached hydrogen (secondary N) is 1. The van der Waals surface area contributed by atoms with Gasteiger partial charge in [0.25, 0.3) is 5.91 Å². The van der Waals surface area contributed by atoms with Gasteiger partial charge in [-0.25, -0.2) is 4.79 Å². The Labute approximate surface area is 111 Å². The number of carbonyl (C=O) groups is 2. The van der Waals surface area contributed by atoms with Gasteiger partial charge in [-0.3, -0.25) is 4.79 Å². The highest BCUT2D eigenvalue weighted by atomic mass is 16.4. The maximum absolute atomic E-state index is 12.0. The molecule has 102 valence electrons. The SMILES string of the molecule is CC(O)C(NC(=O)c1ccc2c(c1)CCC2)C(=O)O. The number of carboxylic acid groups (broad SMARTS) is 1. The lowest BCUT2D eigenvalue weighted by Crippen LogP contribution is -2.47. The molecule has 0 aliphatic heterocycles. The molecule has 0 heterocycles. The Balaban J connectivity index is 2.13. The highest BCUT2D eigenvalue weighted by Gasteiger charge is 2.25. The normalized spacial score (nSPS) is 16.5. The van der Waals surface area contributed by atoms with Crippen LogP contribution in [0.15, 0.2) is 18.2 Å². The number of carboxylic acids is 1. The van der Waals surface area contributed by atoms with Crippen molar-refractivity contribution in [1.82, 2.24) is 5.32 Å². The van der Waals surface area contributed by atoms with Gasteiger partial charge in [-0.2, -0.15) is 0 Å². The Morgan fingerprint density at radius 2 is 1.95 bits per heavy atom. The van der Waals surface area contributed by atoms with Crippen LogP contribution in [0.2, 0.25) is 0 Å². The van der Waals surface area contributed by atoms with Crippen LogP contribution in [0, 0.1) is 0 Å². The molecule has 0 saturated carbocycles. The van der Waals surface area contributed by atoms with Gasteiger partial charge in [0.05, 0.1) is 6.10 Å². The van der Waals surface area contributed by atoms with Gasteiger partial charge in [-0.1, -0.05) is 6.07 Å². The van der Waals surface area contributed by atoms with Crippen LogP contribution in [0.4, 0.5) is 0 Å². The van der Waals surface area contributed by atoms with Crippen LogP contribution in [-0.2, 0) is 17.6 Å². The molecule has 0 saturated heterocycles. The van der Waals surface area contributed by atoms with E-state index in [2.05, 4.69) is 5.32 Å². The lowest BCUT2D eigenvalue weighted by molar-refractivity contribution is -0.141. The largest absolute Gasteiger partial charge is 0.480 e. The first kappa shape index (κ1) is 13.5. The molecule has 5 nitrogen and oxygen atoms in total. The lowest BCUT2D eigenvalue weighted by Gasteiger charge is -2.17. The Morgan fingerprint density at radius 3 is 2.58 bits per heavy atom. The zero-order valence-electron chi connectivity index (χ0n) is 10.7. The predicted molar refractivity (Wildman–Crippen MR) is 69.0 cm³/mol. The molecule has 0 spiro atoms. The molecular formula is C14H17NO4. The number of aliphatic carboxylic acids is 1. The predicted octanol–water partition coefficient (Wildman–Crippen LogP) is 0.739. The molecule has 1 aromatic carbocycles. The van der Waals surface area contributed by atoms with E-state index in [1.54, 1.807) is 12.1 Å². The first-order valence-corrected chi connectivity index (χ1v) is 6.32. The van der Waals surface area contributed by atoms with Gasteiger partial charge in [-0.05, 0) is 49.4 Å². The van der Waals surface area contributed by atoms with Crippen LogP contribution in [0.5, 0.6) is 0 Å². The highest BCUT2D eigenvalue weighted by molar-refractivity contribution is 5.97. The number of aliphatic hydroxyl groups is 1. The second kappa shape index (κ2) is 5.40. The first-order valence-electron chi connectivity index (χ1n) is 6.32. The summed E-state index contributed by atoms with van der Waals surface area (Å²) < 4.78 is 0. The molecule has 19 heavy (non-hydrogen) atoms. The van der Waals surface area contributed by atoms with E-state index >= 15 is 0 Å². The Morgan fingerprint density at radius 1 is 1.26 bits per heavy atom. The van der Waals surface area contributed by atoms with Crippen molar-refractivity contribution in [3.8, 4) is 0 Å². The summed E-state index contributed by atoms with van der Waals surface area (Å²) in [6, 6.07) is 4.12. The quantitative estimate of drug-likeness (QED) is 0.747. The summed E-state index contributed by atoms with van der Waals surface area (Å²) >= 11 is 0. The minimum atomic E-state index is -1.29. The molecule has 0 aromatic heterocycles. The van der Waals surface area contributed by atoms with Gasteiger partial charge in [0, 0.05) is 5.56 Å². The van der Waals surface area contributed by atoms with E-state index in [0.717, 1.165) is 24.8 Å². The van der Waals surface area contributed by atoms with Crippen molar-refractivity contribution >= 4 is 11.9 Å². The molecular weight excluding hydrogens is 246 g/mol. The van der Waals surface area contributed by atoms with Crippen LogP contribution >= 0.6 is 0 Å². The van der Waals surface area contributed by atoms with Gasteiger partial charge in [-0.15, -0.1) is 0 Å². The summed E-state index contributed by atoms with van der Waals surface area (Å²) in [5.74, 6) is -1.72. The molecule has 3 N–H and O–H groups in total. The standard InChI is InChI=1S/C14H17NO4/c1-8(16)12(14(18)19)15-13(17)11-6-5-9-3-2-4-10(9)7-11/h5-8,12,16H,2-4H2,1H3,(H,15,17)(H,18,19). The number of amides is 1. The minimum absolute atomic E-state index is 0.438. The van der Waals surface area contributed by atoms with E-state index in [-0.39, 0.29) is 0 Å². The second-order valence-electron chi connectivity index (χ2n) is 4.87. The molecule has 1 amide bonds. The number of rotatable bonds is 4. The van der Waals surface area contributed by atoms with E-state index in [1.807, 2.05) is 6.07 Å². The van der Waals surface area contributed by atoms with E-state index < -0.39 is 24.0 Å². The number of hydrogen-bond donors (Lipinski definition) is 3. The summed E-state index contributed by atoms with van der Waals surface area (Å²) in [4.78, 5) is 22.9. The number of carbonyl (C=O) groups excluding carboxylic acids is 1. The van der Waals surface area contributed by atoms with Gasteiger partial charge >= 0.3 is 5.97 Å². The van der Waals surface area contributed by atoms with Gasteiger partial charge in [0.15, 0.2) is 6.04 Å². The van der Waals surface area contributed by atoms with Crippen molar-refractivity contribution in [2.24, 2.45) is 0 Å². The Kier molecular flexibility index (Phi) is 3.85. The van der Waals surface area contributed by atoms with E-state index in [0.29, 0.717) is 5.56 Å². The van der Waals surface area contributed by atoms with E-state index in [4.69, 9.17) is 5.11 Å². The Hall–Kier alpha value is -1.88. The van der Waals surface area contributed by atoms with Gasteiger partial charge in [0.2, 0.25) is 0 Å². The number of aryl methyl sites for hydroxylation is 2. The second-order valence-corrected chi connectivity index (χ2v) is 4.87. The van der Waals surface area contributed by atoms with Crippen molar-refractivity contribution in [3.63, 3.8) is 0 Å². The molecule has 5 heteroatoms.